The van der Waals surface area contributed by atoms with Crippen molar-refractivity contribution in [3.05, 3.63) is 86.9 Å². The minimum absolute atomic E-state index is 0.0605. The van der Waals surface area contributed by atoms with E-state index in [1.807, 2.05) is 44.2 Å². The lowest BCUT2D eigenvalue weighted by Gasteiger charge is -2.22. The molecule has 26 heavy (non-hydrogen) atoms. The summed E-state index contributed by atoms with van der Waals surface area (Å²) in [5, 5.41) is 9.45. The Labute approximate surface area is 162 Å². The fourth-order valence-corrected chi connectivity index (χ4v) is 3.21. The zero-order valence-corrected chi connectivity index (χ0v) is 15.7. The molecule has 0 saturated carbocycles. The van der Waals surface area contributed by atoms with Crippen LogP contribution in [0.5, 0.6) is 5.75 Å². The van der Waals surface area contributed by atoms with Crippen molar-refractivity contribution in [1.82, 2.24) is 9.97 Å². The van der Waals surface area contributed by atoms with Crippen LogP contribution < -0.4 is 4.74 Å². The molecule has 3 aromatic rings. The molecule has 0 spiro atoms. The largest absolute Gasteiger partial charge is 0.479 e. The number of aryl methyl sites for hydroxylation is 2. The third-order valence-electron chi connectivity index (χ3n) is 3.88. The van der Waals surface area contributed by atoms with E-state index in [1.54, 1.807) is 18.2 Å². The second-order valence-corrected chi connectivity index (χ2v) is 6.57. The molecule has 3 rings (SSSR count). The molecule has 0 fully saturated rings. The third kappa shape index (κ3) is 3.96. The Hall–Kier alpha value is -2.61. The Morgan fingerprint density at radius 1 is 1.00 bits per heavy atom. The average Bonchev–Trinajstić information content (AvgIpc) is 2.61. The second-order valence-electron chi connectivity index (χ2n) is 5.84. The minimum Gasteiger partial charge on any atom is -0.479 e. The summed E-state index contributed by atoms with van der Waals surface area (Å²) in [5.41, 5.74) is 3.80. The van der Waals surface area contributed by atoms with Crippen LogP contribution in [0.15, 0.2) is 48.5 Å². The van der Waals surface area contributed by atoms with E-state index in [-0.39, 0.29) is 10.4 Å². The highest BCUT2D eigenvalue weighted by atomic mass is 35.5. The standard InChI is InChI=1S/C20H15Cl2N3O/c1-12-8-14(11-23)9-13(2)18(12)26-19(15-6-4-3-5-7-15)16-10-17(21)25-20(22)24-16/h3-10,19H,1-2H3. The Bertz CT molecular complexity index is 941. The molecule has 0 saturated heterocycles. The maximum Gasteiger partial charge on any atom is 0.224 e. The van der Waals surface area contributed by atoms with Crippen LogP contribution in [0.1, 0.15) is 34.1 Å². The van der Waals surface area contributed by atoms with E-state index in [4.69, 9.17) is 33.2 Å². The predicted octanol–water partition coefficient (Wildman–Crippen LogP) is 5.44. The normalized spacial score (nSPS) is 11.7. The molecule has 0 aliphatic heterocycles. The predicted molar refractivity (Wildman–Crippen MR) is 102 cm³/mol. The fraction of sp³-hybridized carbons (Fsp3) is 0.150. The minimum atomic E-state index is -0.514. The summed E-state index contributed by atoms with van der Waals surface area (Å²) < 4.78 is 6.34. The van der Waals surface area contributed by atoms with Crippen molar-refractivity contribution in [2.75, 3.05) is 0 Å². The summed E-state index contributed by atoms with van der Waals surface area (Å²) in [6.45, 7) is 3.82. The van der Waals surface area contributed by atoms with Crippen molar-refractivity contribution in [2.45, 2.75) is 20.0 Å². The number of ether oxygens (including phenoxy) is 1. The van der Waals surface area contributed by atoms with Crippen molar-refractivity contribution < 1.29 is 4.74 Å². The molecule has 0 amide bonds. The molecule has 130 valence electrons. The van der Waals surface area contributed by atoms with Gasteiger partial charge in [-0.3, -0.25) is 0 Å². The van der Waals surface area contributed by atoms with Crippen LogP contribution in [-0.2, 0) is 0 Å². The molecule has 0 N–H and O–H groups in total. The highest BCUT2D eigenvalue weighted by Crippen LogP contribution is 2.33. The zero-order valence-electron chi connectivity index (χ0n) is 14.2. The lowest BCUT2D eigenvalue weighted by atomic mass is 10.0. The highest BCUT2D eigenvalue weighted by Gasteiger charge is 2.21. The van der Waals surface area contributed by atoms with E-state index in [9.17, 15) is 0 Å². The molecule has 1 heterocycles. The van der Waals surface area contributed by atoms with Gasteiger partial charge in [-0.1, -0.05) is 41.9 Å². The Balaban J connectivity index is 2.10. The van der Waals surface area contributed by atoms with E-state index < -0.39 is 6.10 Å². The molecule has 1 unspecified atom stereocenters. The first-order chi connectivity index (χ1) is 12.5. The van der Waals surface area contributed by atoms with Gasteiger partial charge >= 0.3 is 0 Å². The van der Waals surface area contributed by atoms with Gasteiger partial charge in [0, 0.05) is 6.07 Å². The van der Waals surface area contributed by atoms with Crippen LogP contribution in [0.25, 0.3) is 0 Å². The molecule has 1 atom stereocenters. The molecule has 4 nitrogen and oxygen atoms in total. The molecular formula is C20H15Cl2N3O. The molecule has 0 aliphatic rings. The van der Waals surface area contributed by atoms with Gasteiger partial charge in [-0.05, 0) is 54.3 Å². The zero-order chi connectivity index (χ0) is 18.7. The van der Waals surface area contributed by atoms with Gasteiger partial charge in [0.1, 0.15) is 10.9 Å². The van der Waals surface area contributed by atoms with Crippen LogP contribution in [0.3, 0.4) is 0 Å². The Morgan fingerprint density at radius 2 is 1.65 bits per heavy atom. The third-order valence-corrected chi connectivity index (χ3v) is 4.25. The maximum absolute atomic E-state index is 9.14. The van der Waals surface area contributed by atoms with Crippen LogP contribution in [-0.4, -0.2) is 9.97 Å². The van der Waals surface area contributed by atoms with Gasteiger partial charge < -0.3 is 4.74 Å². The second kappa shape index (κ2) is 7.74. The molecule has 0 aliphatic carbocycles. The van der Waals surface area contributed by atoms with E-state index in [0.717, 1.165) is 16.7 Å². The van der Waals surface area contributed by atoms with Crippen molar-refractivity contribution in [3.8, 4) is 11.8 Å². The van der Waals surface area contributed by atoms with Gasteiger partial charge in [0.05, 0.1) is 17.3 Å². The van der Waals surface area contributed by atoms with Crippen molar-refractivity contribution in [2.24, 2.45) is 0 Å². The summed E-state index contributed by atoms with van der Waals surface area (Å²) in [7, 11) is 0. The van der Waals surface area contributed by atoms with Crippen LogP contribution in [0.4, 0.5) is 0 Å². The first kappa shape index (κ1) is 18.2. The van der Waals surface area contributed by atoms with E-state index in [1.165, 1.54) is 0 Å². The maximum atomic E-state index is 9.14. The molecule has 2 aromatic carbocycles. The molecule has 6 heteroatoms. The molecule has 0 radical (unpaired) electrons. The van der Waals surface area contributed by atoms with Gasteiger partial charge in [-0.25, -0.2) is 9.97 Å². The lowest BCUT2D eigenvalue weighted by molar-refractivity contribution is 0.239. The number of halogens is 2. The fourth-order valence-electron chi connectivity index (χ4n) is 2.79. The van der Waals surface area contributed by atoms with Crippen molar-refractivity contribution >= 4 is 23.2 Å². The Kier molecular flexibility index (Phi) is 5.41. The average molecular weight is 384 g/mol. The van der Waals surface area contributed by atoms with E-state index in [0.29, 0.717) is 17.0 Å². The van der Waals surface area contributed by atoms with Crippen molar-refractivity contribution in [1.29, 1.82) is 5.26 Å². The number of rotatable bonds is 4. The summed E-state index contributed by atoms with van der Waals surface area (Å²) in [4.78, 5) is 8.20. The van der Waals surface area contributed by atoms with Crippen LogP contribution in [0.2, 0.25) is 10.4 Å². The summed E-state index contributed by atoms with van der Waals surface area (Å²) >= 11 is 12.0. The number of nitrogens with zero attached hydrogens (tertiary/aromatic N) is 3. The quantitative estimate of drug-likeness (QED) is 0.444. The smallest absolute Gasteiger partial charge is 0.224 e. The van der Waals surface area contributed by atoms with Gasteiger partial charge in [-0.15, -0.1) is 0 Å². The highest BCUT2D eigenvalue weighted by molar-refractivity contribution is 6.31. The Morgan fingerprint density at radius 3 is 2.23 bits per heavy atom. The van der Waals surface area contributed by atoms with Crippen LogP contribution >= 0.6 is 23.2 Å². The molecule has 1 aromatic heterocycles. The SMILES string of the molecule is Cc1cc(C#N)cc(C)c1OC(c1ccccc1)c1cc(Cl)nc(Cl)n1. The van der Waals surface area contributed by atoms with Gasteiger partial charge in [0.2, 0.25) is 5.28 Å². The topological polar surface area (TPSA) is 58.8 Å². The number of benzene rings is 2. The van der Waals surface area contributed by atoms with Gasteiger partial charge in [0.25, 0.3) is 0 Å². The first-order valence-electron chi connectivity index (χ1n) is 7.91. The van der Waals surface area contributed by atoms with E-state index >= 15 is 0 Å². The summed E-state index contributed by atoms with van der Waals surface area (Å²) in [5.74, 6) is 0.698. The number of hydrogen-bond donors (Lipinski definition) is 0. The number of nitriles is 1. The van der Waals surface area contributed by atoms with Crippen molar-refractivity contribution in [3.63, 3.8) is 0 Å². The number of aromatic nitrogens is 2. The monoisotopic (exact) mass is 383 g/mol. The van der Waals surface area contributed by atoms with Gasteiger partial charge in [0.15, 0.2) is 6.10 Å². The number of hydrogen-bond acceptors (Lipinski definition) is 4. The lowest BCUT2D eigenvalue weighted by Crippen LogP contribution is -2.13. The van der Waals surface area contributed by atoms with E-state index in [2.05, 4.69) is 16.0 Å². The summed E-state index contributed by atoms with van der Waals surface area (Å²) in [6, 6.07) is 17.1. The summed E-state index contributed by atoms with van der Waals surface area (Å²) in [6.07, 6.45) is -0.514. The molecule has 0 bridgehead atoms. The van der Waals surface area contributed by atoms with Crippen LogP contribution in [0, 0.1) is 25.2 Å². The molecular weight excluding hydrogens is 369 g/mol. The van der Waals surface area contributed by atoms with Gasteiger partial charge in [-0.2, -0.15) is 5.26 Å². The first-order valence-corrected chi connectivity index (χ1v) is 8.66.